The van der Waals surface area contributed by atoms with Gasteiger partial charge < -0.3 is 23.8 Å². The van der Waals surface area contributed by atoms with Crippen molar-refractivity contribution in [3.63, 3.8) is 0 Å². The highest BCUT2D eigenvalue weighted by Crippen LogP contribution is 2.26. The summed E-state index contributed by atoms with van der Waals surface area (Å²) in [6.45, 7) is 1.52. The van der Waals surface area contributed by atoms with E-state index >= 15 is 0 Å². The lowest BCUT2D eigenvalue weighted by molar-refractivity contribution is -0.255. The fraction of sp³-hybridized carbons (Fsp3) is 0.174. The number of furan rings is 1. The number of rotatable bonds is 9. The third-order valence-corrected chi connectivity index (χ3v) is 4.76. The fourth-order valence-electron chi connectivity index (χ4n) is 2.95. The number of nitrogens with zero attached hydrogens (tertiary/aromatic N) is 3. The zero-order valence-electron chi connectivity index (χ0n) is 18.1. The van der Waals surface area contributed by atoms with Gasteiger partial charge in [0, 0.05) is 34.5 Å². The molecule has 174 valence electrons. The Bertz CT molecular complexity index is 1300. The van der Waals surface area contributed by atoms with Crippen molar-refractivity contribution in [1.82, 2.24) is 10.4 Å². The van der Waals surface area contributed by atoms with Gasteiger partial charge in [0.25, 0.3) is 5.91 Å². The van der Waals surface area contributed by atoms with Crippen molar-refractivity contribution in [1.29, 1.82) is 5.26 Å². The first-order valence-corrected chi connectivity index (χ1v) is 10.2. The molecule has 0 spiro atoms. The Morgan fingerprint density at radius 3 is 2.82 bits per heavy atom. The Balaban J connectivity index is 1.61. The summed E-state index contributed by atoms with van der Waals surface area (Å²) in [5.74, 6) is -1.28. The summed E-state index contributed by atoms with van der Waals surface area (Å²) in [5.41, 5.74) is 4.01. The summed E-state index contributed by atoms with van der Waals surface area (Å²) < 4.78 is 16.1. The number of hydrogen-bond donors (Lipinski definition) is 1. The minimum Gasteiger partial charge on any atom is -0.545 e. The van der Waals surface area contributed by atoms with E-state index in [-0.39, 0.29) is 28.6 Å². The van der Waals surface area contributed by atoms with Crippen molar-refractivity contribution in [3.8, 4) is 23.3 Å². The molecule has 0 unspecified atom stereocenters. The van der Waals surface area contributed by atoms with E-state index in [1.807, 2.05) is 6.07 Å². The zero-order chi connectivity index (χ0) is 24.7. The van der Waals surface area contributed by atoms with Crippen LogP contribution in [0.5, 0.6) is 5.88 Å². The van der Waals surface area contributed by atoms with Crippen molar-refractivity contribution in [2.24, 2.45) is 5.10 Å². The summed E-state index contributed by atoms with van der Waals surface area (Å²) in [6, 6.07) is 11.3. The lowest BCUT2D eigenvalue weighted by Gasteiger charge is -2.10. The molecule has 2 aromatic heterocycles. The second kappa shape index (κ2) is 11.1. The summed E-state index contributed by atoms with van der Waals surface area (Å²) in [6.07, 6.45) is 1.26. The first-order valence-electron chi connectivity index (χ1n) is 9.77. The summed E-state index contributed by atoms with van der Waals surface area (Å²) in [7, 11) is 1.51. The number of ether oxygens (including phenoxy) is 2. The van der Waals surface area contributed by atoms with Crippen LogP contribution in [-0.4, -0.2) is 36.8 Å². The Hall–Kier alpha value is -4.20. The van der Waals surface area contributed by atoms with Gasteiger partial charge in [-0.25, -0.2) is 10.4 Å². The molecule has 1 aromatic carbocycles. The molecule has 2 heterocycles. The number of carbonyl (C=O) groups excluding carboxylic acids is 2. The van der Waals surface area contributed by atoms with Crippen LogP contribution in [0.15, 0.2) is 45.9 Å². The number of hydrogen-bond acceptors (Lipinski definition) is 9. The van der Waals surface area contributed by atoms with Crippen LogP contribution in [0.25, 0.3) is 11.3 Å². The molecule has 11 heteroatoms. The molecule has 0 aliphatic rings. The third kappa shape index (κ3) is 5.98. The van der Waals surface area contributed by atoms with Crippen LogP contribution >= 0.6 is 11.6 Å². The monoisotopic (exact) mass is 481 g/mol. The normalized spacial score (nSPS) is 10.8. The van der Waals surface area contributed by atoms with E-state index in [1.54, 1.807) is 31.2 Å². The minimum atomic E-state index is -1.40. The molecule has 0 saturated carbocycles. The van der Waals surface area contributed by atoms with E-state index in [4.69, 9.17) is 25.5 Å². The first kappa shape index (κ1) is 24.4. The van der Waals surface area contributed by atoms with Crippen molar-refractivity contribution in [2.75, 3.05) is 13.7 Å². The van der Waals surface area contributed by atoms with Gasteiger partial charge in [0.15, 0.2) is 6.61 Å². The van der Waals surface area contributed by atoms with E-state index in [9.17, 15) is 20.0 Å². The Labute approximate surface area is 199 Å². The van der Waals surface area contributed by atoms with Crippen LogP contribution in [0.2, 0.25) is 5.02 Å². The molecule has 1 N–H and O–H groups in total. The van der Waals surface area contributed by atoms with Crippen LogP contribution in [0, 0.1) is 18.3 Å². The maximum atomic E-state index is 12.1. The number of aromatic carboxylic acids is 1. The SMILES string of the molecule is COCc1cc(C)nc(OCC(=O)N/N=C\c2ccc(-c3ccc(Cl)c(C(=O)[O-])c3)o2)c1C#N. The van der Waals surface area contributed by atoms with Gasteiger partial charge in [-0.1, -0.05) is 11.6 Å². The van der Waals surface area contributed by atoms with Crippen LogP contribution in [0.1, 0.15) is 32.9 Å². The van der Waals surface area contributed by atoms with Gasteiger partial charge in [0.1, 0.15) is 23.2 Å². The van der Waals surface area contributed by atoms with E-state index in [1.165, 1.54) is 25.5 Å². The maximum absolute atomic E-state index is 12.1. The Morgan fingerprint density at radius 1 is 1.32 bits per heavy atom. The zero-order valence-corrected chi connectivity index (χ0v) is 18.9. The van der Waals surface area contributed by atoms with Gasteiger partial charge in [0.05, 0.1) is 18.8 Å². The number of benzene rings is 1. The maximum Gasteiger partial charge on any atom is 0.278 e. The van der Waals surface area contributed by atoms with Crippen LogP contribution in [0.4, 0.5) is 0 Å². The number of carboxylic acid groups (broad SMARTS) is 1. The molecule has 10 nitrogen and oxygen atoms in total. The molecule has 1 amide bonds. The number of nitrogens with one attached hydrogen (secondary N) is 1. The topological polar surface area (TPSA) is 150 Å². The standard InChI is InChI=1S/C23H19ClN4O6/c1-13-7-15(11-32-2)18(9-25)22(27-13)33-12-21(29)28-26-10-16-4-6-20(34-16)14-3-5-19(24)17(8-14)23(30)31/h3-8,10H,11-12H2,1-2H3,(H,28,29)(H,30,31)/p-1/b26-10-. The molecular formula is C23H18ClN4O6-. The smallest absolute Gasteiger partial charge is 0.278 e. The lowest BCUT2D eigenvalue weighted by atomic mass is 10.1. The molecule has 0 aliphatic heterocycles. The Kier molecular flexibility index (Phi) is 7.97. The lowest BCUT2D eigenvalue weighted by Crippen LogP contribution is -2.25. The highest BCUT2D eigenvalue weighted by atomic mass is 35.5. The number of pyridine rings is 1. The van der Waals surface area contributed by atoms with Crippen molar-refractivity contribution >= 4 is 29.7 Å². The largest absolute Gasteiger partial charge is 0.545 e. The molecule has 0 aliphatic carbocycles. The predicted octanol–water partition coefficient (Wildman–Crippen LogP) is 2.21. The van der Waals surface area contributed by atoms with Gasteiger partial charge >= 0.3 is 0 Å². The van der Waals surface area contributed by atoms with E-state index in [2.05, 4.69) is 15.5 Å². The van der Waals surface area contributed by atoms with Crippen molar-refractivity contribution in [2.45, 2.75) is 13.5 Å². The number of halogens is 1. The fourth-order valence-corrected chi connectivity index (χ4v) is 3.14. The molecular weight excluding hydrogens is 464 g/mol. The van der Waals surface area contributed by atoms with Gasteiger partial charge in [0.2, 0.25) is 5.88 Å². The van der Waals surface area contributed by atoms with Crippen molar-refractivity contribution in [3.05, 3.63) is 69.6 Å². The average Bonchev–Trinajstić information content (AvgIpc) is 3.26. The van der Waals surface area contributed by atoms with Gasteiger partial charge in [-0.3, -0.25) is 4.79 Å². The summed E-state index contributed by atoms with van der Waals surface area (Å²) in [4.78, 5) is 27.4. The van der Waals surface area contributed by atoms with E-state index in [0.717, 1.165) is 0 Å². The second-order valence-electron chi connectivity index (χ2n) is 6.91. The molecule has 0 saturated heterocycles. The highest BCUT2D eigenvalue weighted by molar-refractivity contribution is 6.33. The number of nitriles is 1. The number of carboxylic acids is 1. The van der Waals surface area contributed by atoms with Crippen LogP contribution in [0.3, 0.4) is 0 Å². The Morgan fingerprint density at radius 2 is 2.12 bits per heavy atom. The van der Waals surface area contributed by atoms with Gasteiger partial charge in [-0.15, -0.1) is 0 Å². The van der Waals surface area contributed by atoms with E-state index < -0.39 is 18.5 Å². The molecule has 3 aromatic rings. The highest BCUT2D eigenvalue weighted by Gasteiger charge is 2.14. The first-order chi connectivity index (χ1) is 16.3. The van der Waals surface area contributed by atoms with Gasteiger partial charge in [-0.05, 0) is 43.3 Å². The number of aryl methyl sites for hydroxylation is 1. The molecule has 0 bridgehead atoms. The average molecular weight is 482 g/mol. The van der Waals surface area contributed by atoms with E-state index in [0.29, 0.717) is 28.3 Å². The van der Waals surface area contributed by atoms with Crippen LogP contribution in [-0.2, 0) is 16.1 Å². The van der Waals surface area contributed by atoms with Crippen LogP contribution < -0.4 is 15.3 Å². The third-order valence-electron chi connectivity index (χ3n) is 4.43. The molecule has 3 rings (SSSR count). The molecule has 0 fully saturated rings. The van der Waals surface area contributed by atoms with Gasteiger partial charge in [-0.2, -0.15) is 10.4 Å². The van der Waals surface area contributed by atoms with Crippen molar-refractivity contribution < 1.29 is 28.6 Å². The molecule has 0 atom stereocenters. The summed E-state index contributed by atoms with van der Waals surface area (Å²) >= 11 is 5.84. The minimum absolute atomic E-state index is 0.0308. The number of hydrazone groups is 1. The number of amides is 1. The summed E-state index contributed by atoms with van der Waals surface area (Å²) in [5, 5.41) is 24.4. The number of methoxy groups -OCH3 is 1. The number of aromatic nitrogens is 1. The second-order valence-corrected chi connectivity index (χ2v) is 7.32. The number of carbonyl (C=O) groups is 2. The molecule has 0 radical (unpaired) electrons. The predicted molar refractivity (Wildman–Crippen MR) is 119 cm³/mol. The molecule has 34 heavy (non-hydrogen) atoms. The quantitative estimate of drug-likeness (QED) is 0.361.